The molecule has 0 amide bonds. The first-order chi connectivity index (χ1) is 4.91. The van der Waals surface area contributed by atoms with E-state index in [0.29, 0.717) is 0 Å². The highest BCUT2D eigenvalue weighted by atomic mass is 19.4. The summed E-state index contributed by atoms with van der Waals surface area (Å²) < 4.78 is 40.7. The third-order valence-corrected chi connectivity index (χ3v) is 2.13. The van der Waals surface area contributed by atoms with Crippen molar-refractivity contribution in [1.29, 1.82) is 0 Å². The van der Waals surface area contributed by atoms with Gasteiger partial charge in [0, 0.05) is 0 Å². The molecular formula is C7H11F3O. The molecule has 1 aliphatic heterocycles. The van der Waals surface area contributed by atoms with Crippen molar-refractivity contribution in [3.05, 3.63) is 0 Å². The van der Waals surface area contributed by atoms with Gasteiger partial charge < -0.3 is 4.74 Å². The lowest BCUT2D eigenvalue weighted by atomic mass is 10.0. The third kappa shape index (κ3) is 1.86. The van der Waals surface area contributed by atoms with Crippen LogP contribution in [0.15, 0.2) is 0 Å². The molecule has 0 aliphatic carbocycles. The van der Waals surface area contributed by atoms with Crippen LogP contribution in [0.3, 0.4) is 0 Å². The first kappa shape index (κ1) is 8.84. The molecule has 66 valence electrons. The average molecular weight is 168 g/mol. The van der Waals surface area contributed by atoms with Crippen LogP contribution >= 0.6 is 0 Å². The smallest absolute Gasteiger partial charge is 0.366 e. The Morgan fingerprint density at radius 3 is 2.00 bits per heavy atom. The first-order valence-corrected chi connectivity index (χ1v) is 3.63. The normalized spacial score (nSPS) is 39.5. The molecule has 0 aromatic heterocycles. The topological polar surface area (TPSA) is 9.23 Å². The monoisotopic (exact) mass is 168 g/mol. The van der Waals surface area contributed by atoms with Gasteiger partial charge in [-0.1, -0.05) is 6.92 Å². The van der Waals surface area contributed by atoms with Crippen molar-refractivity contribution in [2.45, 2.75) is 38.7 Å². The van der Waals surface area contributed by atoms with E-state index in [9.17, 15) is 13.2 Å². The summed E-state index contributed by atoms with van der Waals surface area (Å²) in [7, 11) is 0. The average Bonchev–Trinajstić information content (AvgIpc) is 2.11. The van der Waals surface area contributed by atoms with Gasteiger partial charge in [0.15, 0.2) is 6.10 Å². The predicted molar refractivity (Wildman–Crippen MR) is 34.2 cm³/mol. The van der Waals surface area contributed by atoms with Crippen LogP contribution in [0.1, 0.15) is 20.3 Å². The third-order valence-electron chi connectivity index (χ3n) is 2.13. The van der Waals surface area contributed by atoms with Crippen molar-refractivity contribution in [3.63, 3.8) is 0 Å². The second-order valence-electron chi connectivity index (χ2n) is 3.08. The standard InChI is InChI=1S/C7H11F3O/c1-4-3-6(7(8,9)10)11-5(4)2/h4-6H,3H2,1-2H3. The summed E-state index contributed by atoms with van der Waals surface area (Å²) in [4.78, 5) is 0. The number of hydrogen-bond acceptors (Lipinski definition) is 1. The summed E-state index contributed by atoms with van der Waals surface area (Å²) in [5.74, 6) is 0.0154. The number of alkyl halides is 3. The maximum Gasteiger partial charge on any atom is 0.414 e. The predicted octanol–water partition coefficient (Wildman–Crippen LogP) is 2.36. The van der Waals surface area contributed by atoms with E-state index in [0.717, 1.165) is 0 Å². The molecule has 0 saturated carbocycles. The molecule has 4 heteroatoms. The van der Waals surface area contributed by atoms with Gasteiger partial charge in [-0.25, -0.2) is 0 Å². The van der Waals surface area contributed by atoms with Crippen LogP contribution in [0.25, 0.3) is 0 Å². The molecule has 0 radical (unpaired) electrons. The summed E-state index contributed by atoms with van der Waals surface area (Å²) in [5.41, 5.74) is 0. The zero-order chi connectivity index (χ0) is 8.65. The fraction of sp³-hybridized carbons (Fsp3) is 1.00. The van der Waals surface area contributed by atoms with Crippen LogP contribution in [-0.2, 0) is 4.74 Å². The van der Waals surface area contributed by atoms with Crippen molar-refractivity contribution in [3.8, 4) is 0 Å². The molecular weight excluding hydrogens is 157 g/mol. The molecule has 1 nitrogen and oxygen atoms in total. The van der Waals surface area contributed by atoms with E-state index in [1.165, 1.54) is 0 Å². The van der Waals surface area contributed by atoms with Crippen LogP contribution in [0.2, 0.25) is 0 Å². The van der Waals surface area contributed by atoms with E-state index < -0.39 is 12.3 Å². The molecule has 1 aliphatic rings. The van der Waals surface area contributed by atoms with E-state index in [-0.39, 0.29) is 18.4 Å². The van der Waals surface area contributed by atoms with Gasteiger partial charge in [0.05, 0.1) is 6.10 Å². The molecule has 1 rings (SSSR count). The molecule has 0 spiro atoms. The lowest BCUT2D eigenvalue weighted by molar-refractivity contribution is -0.213. The highest BCUT2D eigenvalue weighted by Gasteiger charge is 2.46. The highest BCUT2D eigenvalue weighted by molar-refractivity contribution is 4.81. The molecule has 0 N–H and O–H groups in total. The van der Waals surface area contributed by atoms with Crippen LogP contribution in [0.5, 0.6) is 0 Å². The fourth-order valence-electron chi connectivity index (χ4n) is 1.19. The molecule has 0 aromatic rings. The quantitative estimate of drug-likeness (QED) is 0.539. The van der Waals surface area contributed by atoms with Gasteiger partial charge in [-0.2, -0.15) is 13.2 Å². The van der Waals surface area contributed by atoms with E-state index in [2.05, 4.69) is 0 Å². The zero-order valence-electron chi connectivity index (χ0n) is 6.48. The molecule has 1 heterocycles. The highest BCUT2D eigenvalue weighted by Crippen LogP contribution is 2.35. The first-order valence-electron chi connectivity index (χ1n) is 3.63. The lowest BCUT2D eigenvalue weighted by Crippen LogP contribution is -2.28. The van der Waals surface area contributed by atoms with Crippen LogP contribution in [-0.4, -0.2) is 18.4 Å². The van der Waals surface area contributed by atoms with Crippen molar-refractivity contribution < 1.29 is 17.9 Å². The van der Waals surface area contributed by atoms with Gasteiger partial charge in [-0.15, -0.1) is 0 Å². The molecule has 0 bridgehead atoms. The molecule has 1 fully saturated rings. The van der Waals surface area contributed by atoms with Gasteiger partial charge in [0.2, 0.25) is 0 Å². The fourth-order valence-corrected chi connectivity index (χ4v) is 1.19. The summed E-state index contributed by atoms with van der Waals surface area (Å²) in [6.45, 7) is 3.45. The van der Waals surface area contributed by atoms with E-state index in [4.69, 9.17) is 4.74 Å². The van der Waals surface area contributed by atoms with Gasteiger partial charge in [0.25, 0.3) is 0 Å². The molecule has 1 saturated heterocycles. The maximum atomic E-state index is 12.0. The Morgan fingerprint density at radius 1 is 1.27 bits per heavy atom. The minimum Gasteiger partial charge on any atom is -0.366 e. The summed E-state index contributed by atoms with van der Waals surface area (Å²) >= 11 is 0. The molecule has 11 heavy (non-hydrogen) atoms. The Hall–Kier alpha value is -0.250. The second-order valence-corrected chi connectivity index (χ2v) is 3.08. The van der Waals surface area contributed by atoms with E-state index in [1.54, 1.807) is 13.8 Å². The van der Waals surface area contributed by atoms with Crippen molar-refractivity contribution in [2.75, 3.05) is 0 Å². The Kier molecular flexibility index (Phi) is 2.14. The minimum absolute atomic E-state index is 0.0154. The van der Waals surface area contributed by atoms with Crippen LogP contribution in [0.4, 0.5) is 13.2 Å². The Labute approximate surface area is 63.5 Å². The van der Waals surface area contributed by atoms with Crippen molar-refractivity contribution >= 4 is 0 Å². The number of hydrogen-bond donors (Lipinski definition) is 0. The minimum atomic E-state index is -4.18. The largest absolute Gasteiger partial charge is 0.414 e. The van der Waals surface area contributed by atoms with Gasteiger partial charge in [-0.3, -0.25) is 0 Å². The zero-order valence-corrected chi connectivity index (χ0v) is 6.48. The van der Waals surface area contributed by atoms with Crippen molar-refractivity contribution in [1.82, 2.24) is 0 Å². The molecule has 0 aromatic carbocycles. The molecule has 3 unspecified atom stereocenters. The number of ether oxygens (including phenoxy) is 1. The number of halogens is 3. The van der Waals surface area contributed by atoms with Gasteiger partial charge in [-0.05, 0) is 19.3 Å². The Bertz CT molecular complexity index is 133. The summed E-state index contributed by atoms with van der Waals surface area (Å²) in [5, 5.41) is 0. The SMILES string of the molecule is CC1CC(C(F)(F)F)OC1C. The maximum absolute atomic E-state index is 12.0. The van der Waals surface area contributed by atoms with E-state index >= 15 is 0 Å². The Morgan fingerprint density at radius 2 is 1.82 bits per heavy atom. The second kappa shape index (κ2) is 2.66. The summed E-state index contributed by atoms with van der Waals surface area (Å²) in [6.07, 6.45) is -5.88. The van der Waals surface area contributed by atoms with Gasteiger partial charge in [0.1, 0.15) is 0 Å². The number of rotatable bonds is 0. The summed E-state index contributed by atoms with van der Waals surface area (Å²) in [6, 6.07) is 0. The molecule has 3 atom stereocenters. The van der Waals surface area contributed by atoms with Gasteiger partial charge >= 0.3 is 6.18 Å². The van der Waals surface area contributed by atoms with Crippen LogP contribution in [0, 0.1) is 5.92 Å². The van der Waals surface area contributed by atoms with Crippen LogP contribution < -0.4 is 0 Å². The van der Waals surface area contributed by atoms with E-state index in [1.807, 2.05) is 0 Å². The Balaban J connectivity index is 2.54. The van der Waals surface area contributed by atoms with Crippen molar-refractivity contribution in [2.24, 2.45) is 5.92 Å². The lowest BCUT2D eigenvalue weighted by Gasteiger charge is -2.13.